The zero-order chi connectivity index (χ0) is 12.8. The maximum atomic E-state index is 5.87. The summed E-state index contributed by atoms with van der Waals surface area (Å²) >= 11 is 5.87. The number of pyridine rings is 1. The smallest absolute Gasteiger partial charge is 0.0406 e. The fourth-order valence-corrected chi connectivity index (χ4v) is 1.98. The summed E-state index contributed by atoms with van der Waals surface area (Å²) in [6.45, 7) is 3.11. The minimum atomic E-state index is 0.337. The standard InChI is InChI=1S/C15H17ClN2/c1-12(14-2-4-15(16)5-3-14)18-11-8-13-6-9-17-10-7-13/h2-7,9-10,12,18H,8,11H2,1H3. The third-order valence-corrected chi connectivity index (χ3v) is 3.24. The Morgan fingerprint density at radius 3 is 2.44 bits per heavy atom. The van der Waals surface area contributed by atoms with Crippen molar-refractivity contribution in [2.45, 2.75) is 19.4 Å². The summed E-state index contributed by atoms with van der Waals surface area (Å²) in [5, 5.41) is 4.28. The average molecular weight is 261 g/mol. The summed E-state index contributed by atoms with van der Waals surface area (Å²) in [6, 6.07) is 12.4. The Labute approximate surface area is 113 Å². The van der Waals surface area contributed by atoms with Crippen molar-refractivity contribution in [2.75, 3.05) is 6.54 Å². The zero-order valence-corrected chi connectivity index (χ0v) is 11.2. The van der Waals surface area contributed by atoms with Gasteiger partial charge < -0.3 is 5.32 Å². The molecule has 2 rings (SSSR count). The second-order valence-corrected chi connectivity index (χ2v) is 4.77. The molecule has 18 heavy (non-hydrogen) atoms. The minimum absolute atomic E-state index is 0.337. The van der Waals surface area contributed by atoms with Crippen molar-refractivity contribution >= 4 is 11.6 Å². The quantitative estimate of drug-likeness (QED) is 0.888. The maximum absolute atomic E-state index is 5.87. The van der Waals surface area contributed by atoms with E-state index in [1.807, 2.05) is 24.5 Å². The minimum Gasteiger partial charge on any atom is -0.310 e. The molecule has 0 fully saturated rings. The highest BCUT2D eigenvalue weighted by Gasteiger charge is 2.03. The van der Waals surface area contributed by atoms with E-state index >= 15 is 0 Å². The number of nitrogens with one attached hydrogen (secondary N) is 1. The Bertz CT molecular complexity index is 468. The summed E-state index contributed by atoms with van der Waals surface area (Å²) < 4.78 is 0. The van der Waals surface area contributed by atoms with Crippen molar-refractivity contribution in [3.63, 3.8) is 0 Å². The molecule has 0 spiro atoms. The summed E-state index contributed by atoms with van der Waals surface area (Å²) in [4.78, 5) is 4.01. The van der Waals surface area contributed by atoms with Gasteiger partial charge in [-0.1, -0.05) is 23.7 Å². The maximum Gasteiger partial charge on any atom is 0.0406 e. The average Bonchev–Trinajstić information content (AvgIpc) is 2.40. The van der Waals surface area contributed by atoms with Crippen LogP contribution in [0, 0.1) is 0 Å². The van der Waals surface area contributed by atoms with E-state index in [9.17, 15) is 0 Å². The van der Waals surface area contributed by atoms with Gasteiger partial charge in [-0.25, -0.2) is 0 Å². The molecule has 1 aromatic carbocycles. The van der Waals surface area contributed by atoms with Crippen molar-refractivity contribution < 1.29 is 0 Å². The Hall–Kier alpha value is -1.38. The highest BCUT2D eigenvalue weighted by Crippen LogP contribution is 2.15. The van der Waals surface area contributed by atoms with Gasteiger partial charge in [0.15, 0.2) is 0 Å². The molecule has 0 aliphatic heterocycles. The number of hydrogen-bond donors (Lipinski definition) is 1. The van der Waals surface area contributed by atoms with E-state index in [2.05, 4.69) is 41.5 Å². The summed E-state index contributed by atoms with van der Waals surface area (Å²) in [7, 11) is 0. The highest BCUT2D eigenvalue weighted by molar-refractivity contribution is 6.30. The molecule has 0 bridgehead atoms. The van der Waals surface area contributed by atoms with Crippen LogP contribution in [0.4, 0.5) is 0 Å². The van der Waals surface area contributed by atoms with Crippen molar-refractivity contribution in [1.82, 2.24) is 10.3 Å². The number of rotatable bonds is 5. The van der Waals surface area contributed by atoms with Crippen LogP contribution in [0.3, 0.4) is 0 Å². The van der Waals surface area contributed by atoms with Gasteiger partial charge >= 0.3 is 0 Å². The number of halogens is 1. The molecule has 2 aromatic rings. The van der Waals surface area contributed by atoms with Crippen LogP contribution < -0.4 is 5.32 Å². The van der Waals surface area contributed by atoms with Gasteiger partial charge in [-0.05, 0) is 55.3 Å². The molecule has 0 amide bonds. The van der Waals surface area contributed by atoms with Crippen molar-refractivity contribution in [1.29, 1.82) is 0 Å². The van der Waals surface area contributed by atoms with Crippen LogP contribution in [-0.2, 0) is 6.42 Å². The molecule has 0 saturated carbocycles. The first-order valence-electron chi connectivity index (χ1n) is 6.13. The van der Waals surface area contributed by atoms with Gasteiger partial charge in [-0.2, -0.15) is 0 Å². The first-order chi connectivity index (χ1) is 8.75. The Kier molecular flexibility index (Phi) is 4.73. The van der Waals surface area contributed by atoms with Crippen LogP contribution in [-0.4, -0.2) is 11.5 Å². The first-order valence-corrected chi connectivity index (χ1v) is 6.51. The summed E-state index contributed by atoms with van der Waals surface area (Å²) in [6.07, 6.45) is 4.68. The lowest BCUT2D eigenvalue weighted by Crippen LogP contribution is -2.21. The first kappa shape index (κ1) is 13.1. The molecule has 0 aliphatic rings. The van der Waals surface area contributed by atoms with E-state index in [1.54, 1.807) is 0 Å². The predicted octanol–water partition coefficient (Wildman–Crippen LogP) is 3.63. The summed E-state index contributed by atoms with van der Waals surface area (Å²) in [5.74, 6) is 0. The molecule has 0 radical (unpaired) electrons. The van der Waals surface area contributed by atoms with Crippen molar-refractivity contribution in [2.24, 2.45) is 0 Å². The second kappa shape index (κ2) is 6.53. The molecule has 3 heteroatoms. The number of hydrogen-bond acceptors (Lipinski definition) is 2. The van der Waals surface area contributed by atoms with E-state index in [-0.39, 0.29) is 0 Å². The fraction of sp³-hybridized carbons (Fsp3) is 0.267. The Morgan fingerprint density at radius 1 is 1.11 bits per heavy atom. The third-order valence-electron chi connectivity index (χ3n) is 2.98. The van der Waals surface area contributed by atoms with Gasteiger partial charge in [0.1, 0.15) is 0 Å². The van der Waals surface area contributed by atoms with Crippen LogP contribution in [0.2, 0.25) is 5.02 Å². The lowest BCUT2D eigenvalue weighted by molar-refractivity contribution is 0.577. The topological polar surface area (TPSA) is 24.9 Å². The number of benzene rings is 1. The van der Waals surface area contributed by atoms with Gasteiger partial charge in [0, 0.05) is 23.5 Å². The van der Waals surface area contributed by atoms with Crippen LogP contribution in [0.1, 0.15) is 24.1 Å². The molecular formula is C15H17ClN2. The third kappa shape index (κ3) is 3.83. The zero-order valence-electron chi connectivity index (χ0n) is 10.4. The van der Waals surface area contributed by atoms with Gasteiger partial charge in [0.25, 0.3) is 0 Å². The van der Waals surface area contributed by atoms with Gasteiger partial charge in [0.05, 0.1) is 0 Å². The van der Waals surface area contributed by atoms with Crippen LogP contribution in [0.15, 0.2) is 48.8 Å². The van der Waals surface area contributed by atoms with E-state index in [4.69, 9.17) is 11.6 Å². The molecule has 2 nitrogen and oxygen atoms in total. The van der Waals surface area contributed by atoms with Crippen molar-refractivity contribution in [3.05, 3.63) is 64.9 Å². The van der Waals surface area contributed by atoms with E-state index in [0.29, 0.717) is 6.04 Å². The molecule has 1 aromatic heterocycles. The van der Waals surface area contributed by atoms with Crippen LogP contribution in [0.25, 0.3) is 0 Å². The monoisotopic (exact) mass is 260 g/mol. The fourth-order valence-electron chi connectivity index (χ4n) is 1.85. The van der Waals surface area contributed by atoms with Gasteiger partial charge in [0.2, 0.25) is 0 Å². The van der Waals surface area contributed by atoms with E-state index in [0.717, 1.165) is 18.0 Å². The molecule has 1 N–H and O–H groups in total. The van der Waals surface area contributed by atoms with Crippen molar-refractivity contribution in [3.8, 4) is 0 Å². The van der Waals surface area contributed by atoms with Crippen LogP contribution in [0.5, 0.6) is 0 Å². The highest BCUT2D eigenvalue weighted by atomic mass is 35.5. The molecule has 1 atom stereocenters. The SMILES string of the molecule is CC(NCCc1ccncc1)c1ccc(Cl)cc1. The normalized spacial score (nSPS) is 12.3. The molecule has 0 aliphatic carbocycles. The molecule has 1 heterocycles. The lowest BCUT2D eigenvalue weighted by Gasteiger charge is -2.14. The largest absolute Gasteiger partial charge is 0.310 e. The lowest BCUT2D eigenvalue weighted by atomic mass is 10.1. The predicted molar refractivity (Wildman–Crippen MR) is 75.8 cm³/mol. The molecular weight excluding hydrogens is 244 g/mol. The molecule has 0 saturated heterocycles. The Morgan fingerprint density at radius 2 is 1.78 bits per heavy atom. The molecule has 1 unspecified atom stereocenters. The summed E-state index contributed by atoms with van der Waals surface area (Å²) in [5.41, 5.74) is 2.56. The molecule has 94 valence electrons. The van der Waals surface area contributed by atoms with Gasteiger partial charge in [-0.3, -0.25) is 4.98 Å². The number of nitrogens with zero attached hydrogens (tertiary/aromatic N) is 1. The van der Waals surface area contributed by atoms with E-state index < -0.39 is 0 Å². The Balaban J connectivity index is 1.81. The van der Waals surface area contributed by atoms with E-state index in [1.165, 1.54) is 11.1 Å². The second-order valence-electron chi connectivity index (χ2n) is 4.33. The van der Waals surface area contributed by atoms with Gasteiger partial charge in [-0.15, -0.1) is 0 Å². The number of aromatic nitrogens is 1. The van der Waals surface area contributed by atoms with Crippen LogP contribution >= 0.6 is 11.6 Å².